The van der Waals surface area contributed by atoms with Crippen LogP contribution in [0.2, 0.25) is 0 Å². The van der Waals surface area contributed by atoms with Crippen molar-refractivity contribution in [3.63, 3.8) is 0 Å². The Bertz CT molecular complexity index is 1030. The lowest BCUT2D eigenvalue weighted by Gasteiger charge is -2.09. The lowest BCUT2D eigenvalue weighted by atomic mass is 10.1. The number of ketones is 1. The monoisotopic (exact) mass is 451 g/mol. The smallest absolute Gasteiger partial charge is 0.234 e. The molecule has 0 bridgehead atoms. The first-order valence-electron chi connectivity index (χ1n) is 10.7. The number of aliphatic imine (C=N–C) groups is 2. The lowest BCUT2D eigenvalue weighted by Crippen LogP contribution is -2.17. The Labute approximate surface area is 193 Å². The van der Waals surface area contributed by atoms with Gasteiger partial charge >= 0.3 is 0 Å². The highest BCUT2D eigenvalue weighted by Crippen LogP contribution is 2.27. The zero-order valence-electron chi connectivity index (χ0n) is 19.0. The summed E-state index contributed by atoms with van der Waals surface area (Å²) in [6.45, 7) is 8.24. The van der Waals surface area contributed by atoms with E-state index in [1.807, 2.05) is 38.1 Å². The molecule has 1 amide bonds. The minimum Gasteiger partial charge on any atom is -0.494 e. The third-order valence-corrected chi connectivity index (χ3v) is 5.74. The Hall–Kier alpha value is -2.93. The summed E-state index contributed by atoms with van der Waals surface area (Å²) < 4.78 is 5.74. The summed E-state index contributed by atoms with van der Waals surface area (Å²) in [6, 6.07) is 14.7. The van der Waals surface area contributed by atoms with Gasteiger partial charge in [0.15, 0.2) is 5.78 Å². The second kappa shape index (κ2) is 10.6. The van der Waals surface area contributed by atoms with E-state index in [-0.39, 0.29) is 17.4 Å². The number of anilines is 1. The van der Waals surface area contributed by atoms with Crippen molar-refractivity contribution >= 4 is 39.9 Å². The molecule has 1 N–H and O–H groups in total. The summed E-state index contributed by atoms with van der Waals surface area (Å²) in [7, 11) is 0. The van der Waals surface area contributed by atoms with Gasteiger partial charge in [-0.2, -0.15) is 0 Å². The molecule has 0 spiro atoms. The molecule has 0 aliphatic carbocycles. The molecule has 0 saturated heterocycles. The average Bonchev–Trinajstić information content (AvgIpc) is 3.08. The number of nitrogens with one attached hydrogen (secondary N) is 1. The molecule has 168 valence electrons. The SMILES string of the molecule is CCCCOc1ccc(C2=NC(C)(C)N=C2SCC(=O)Nc2ccc(C(C)=O)cc2)cc1. The Morgan fingerprint density at radius 3 is 2.34 bits per heavy atom. The van der Waals surface area contributed by atoms with Gasteiger partial charge in [-0.3, -0.25) is 14.6 Å². The molecular weight excluding hydrogens is 422 g/mol. The number of hydrogen-bond acceptors (Lipinski definition) is 6. The van der Waals surface area contributed by atoms with Gasteiger partial charge in [0.2, 0.25) is 5.91 Å². The second-order valence-corrected chi connectivity index (χ2v) is 9.03. The fourth-order valence-corrected chi connectivity index (χ4v) is 4.03. The molecule has 1 heterocycles. The average molecular weight is 452 g/mol. The summed E-state index contributed by atoms with van der Waals surface area (Å²) in [5.74, 6) is 0.895. The van der Waals surface area contributed by atoms with Gasteiger partial charge in [0.25, 0.3) is 0 Å². The van der Waals surface area contributed by atoms with E-state index in [4.69, 9.17) is 14.7 Å². The molecule has 0 radical (unpaired) electrons. The highest BCUT2D eigenvalue weighted by Gasteiger charge is 2.28. The number of rotatable bonds is 9. The number of amides is 1. The number of carbonyl (C=O) groups is 2. The number of nitrogens with zero attached hydrogens (tertiary/aromatic N) is 2. The van der Waals surface area contributed by atoms with Crippen molar-refractivity contribution in [2.45, 2.75) is 46.2 Å². The molecule has 7 heteroatoms. The lowest BCUT2D eigenvalue weighted by molar-refractivity contribution is -0.113. The maximum Gasteiger partial charge on any atom is 0.234 e. The Morgan fingerprint density at radius 2 is 1.72 bits per heavy atom. The van der Waals surface area contributed by atoms with Crippen LogP contribution < -0.4 is 10.1 Å². The highest BCUT2D eigenvalue weighted by molar-refractivity contribution is 8.16. The predicted molar refractivity (Wildman–Crippen MR) is 132 cm³/mol. The maximum absolute atomic E-state index is 12.5. The molecule has 6 nitrogen and oxygen atoms in total. The molecule has 0 atom stereocenters. The first-order chi connectivity index (χ1) is 15.3. The molecule has 1 aliphatic rings. The van der Waals surface area contributed by atoms with Crippen LogP contribution >= 0.6 is 11.8 Å². The van der Waals surface area contributed by atoms with Crippen molar-refractivity contribution < 1.29 is 14.3 Å². The zero-order valence-corrected chi connectivity index (χ0v) is 19.8. The van der Waals surface area contributed by atoms with Crippen LogP contribution in [-0.2, 0) is 4.79 Å². The Morgan fingerprint density at radius 1 is 1.03 bits per heavy atom. The van der Waals surface area contributed by atoms with Crippen LogP contribution in [0.1, 0.15) is 56.5 Å². The fraction of sp³-hybridized carbons (Fsp3) is 0.360. The fourth-order valence-electron chi connectivity index (χ4n) is 3.10. The Kier molecular flexibility index (Phi) is 7.85. The summed E-state index contributed by atoms with van der Waals surface area (Å²) in [6.07, 6.45) is 2.12. The summed E-state index contributed by atoms with van der Waals surface area (Å²) in [5, 5.41) is 3.60. The first kappa shape index (κ1) is 23.7. The van der Waals surface area contributed by atoms with Crippen LogP contribution in [-0.4, -0.2) is 40.5 Å². The molecule has 0 fully saturated rings. The van der Waals surface area contributed by atoms with E-state index in [0.717, 1.165) is 34.9 Å². The second-order valence-electron chi connectivity index (χ2n) is 8.07. The van der Waals surface area contributed by atoms with Gasteiger partial charge in [0, 0.05) is 16.8 Å². The Balaban J connectivity index is 1.61. The van der Waals surface area contributed by atoms with E-state index in [1.54, 1.807) is 24.3 Å². The third kappa shape index (κ3) is 6.53. The largest absolute Gasteiger partial charge is 0.494 e. The third-order valence-electron chi connectivity index (χ3n) is 4.77. The van der Waals surface area contributed by atoms with Crippen LogP contribution in [0.25, 0.3) is 0 Å². The van der Waals surface area contributed by atoms with Crippen LogP contribution in [0.3, 0.4) is 0 Å². The first-order valence-corrected chi connectivity index (χ1v) is 11.7. The molecule has 0 saturated carbocycles. The number of benzene rings is 2. The van der Waals surface area contributed by atoms with E-state index < -0.39 is 5.66 Å². The van der Waals surface area contributed by atoms with Gasteiger partial charge in [0.1, 0.15) is 16.5 Å². The van der Waals surface area contributed by atoms with Crippen molar-refractivity contribution in [2.24, 2.45) is 9.98 Å². The molecule has 3 rings (SSSR count). The summed E-state index contributed by atoms with van der Waals surface area (Å²) >= 11 is 1.37. The molecule has 2 aromatic carbocycles. The van der Waals surface area contributed by atoms with Gasteiger partial charge in [-0.25, -0.2) is 4.99 Å². The number of carbonyl (C=O) groups excluding carboxylic acids is 2. The number of unbranched alkanes of at least 4 members (excludes halogenated alkanes) is 1. The molecule has 0 unspecified atom stereocenters. The number of hydrogen-bond donors (Lipinski definition) is 1. The molecule has 32 heavy (non-hydrogen) atoms. The minimum absolute atomic E-state index is 0.00679. The minimum atomic E-state index is -0.563. The van der Waals surface area contributed by atoms with Crippen molar-refractivity contribution in [1.82, 2.24) is 0 Å². The van der Waals surface area contributed by atoms with Crippen LogP contribution in [0.15, 0.2) is 58.5 Å². The normalized spacial score (nSPS) is 14.5. The van der Waals surface area contributed by atoms with Crippen LogP contribution in [0.5, 0.6) is 5.75 Å². The van der Waals surface area contributed by atoms with Gasteiger partial charge in [-0.1, -0.05) is 25.1 Å². The highest BCUT2D eigenvalue weighted by atomic mass is 32.2. The number of Topliss-reactive ketones (excluding diaryl/α,β-unsaturated/α-hetero) is 1. The van der Waals surface area contributed by atoms with E-state index in [0.29, 0.717) is 17.9 Å². The number of thioether (sulfide) groups is 1. The molecule has 1 aliphatic heterocycles. The molecule has 2 aromatic rings. The summed E-state index contributed by atoms with van der Waals surface area (Å²) in [4.78, 5) is 33.3. The molecule has 0 aromatic heterocycles. The van der Waals surface area contributed by atoms with E-state index in [2.05, 4.69) is 12.2 Å². The summed E-state index contributed by atoms with van der Waals surface area (Å²) in [5.41, 5.74) is 2.44. The van der Waals surface area contributed by atoms with E-state index in [1.165, 1.54) is 18.7 Å². The quantitative estimate of drug-likeness (QED) is 0.410. The van der Waals surface area contributed by atoms with Crippen LogP contribution in [0, 0.1) is 0 Å². The van der Waals surface area contributed by atoms with E-state index in [9.17, 15) is 9.59 Å². The topological polar surface area (TPSA) is 80.1 Å². The number of ether oxygens (including phenoxy) is 1. The van der Waals surface area contributed by atoms with Crippen LogP contribution in [0.4, 0.5) is 5.69 Å². The van der Waals surface area contributed by atoms with Crippen molar-refractivity contribution in [3.8, 4) is 5.75 Å². The predicted octanol–water partition coefficient (Wildman–Crippen LogP) is 5.38. The molecular formula is C25H29N3O3S. The van der Waals surface area contributed by atoms with Gasteiger partial charge < -0.3 is 10.1 Å². The van der Waals surface area contributed by atoms with E-state index >= 15 is 0 Å². The van der Waals surface area contributed by atoms with Crippen molar-refractivity contribution in [3.05, 3.63) is 59.7 Å². The standard InChI is InChI=1S/C25H29N3O3S/c1-5-6-15-31-21-13-9-19(10-14-21)23-24(28-25(3,4)27-23)32-16-22(30)26-20-11-7-18(8-12-20)17(2)29/h7-14H,5-6,15-16H2,1-4H3,(H,26,30). The van der Waals surface area contributed by atoms with Crippen molar-refractivity contribution in [1.29, 1.82) is 0 Å². The van der Waals surface area contributed by atoms with Crippen molar-refractivity contribution in [2.75, 3.05) is 17.7 Å². The maximum atomic E-state index is 12.5. The van der Waals surface area contributed by atoms with Gasteiger partial charge in [-0.15, -0.1) is 0 Å². The van der Waals surface area contributed by atoms with Gasteiger partial charge in [-0.05, 0) is 75.7 Å². The zero-order chi connectivity index (χ0) is 23.1. The van der Waals surface area contributed by atoms with Gasteiger partial charge in [0.05, 0.1) is 18.1 Å².